The third kappa shape index (κ3) is 2.64. The maximum atomic E-state index is 13.1. The van der Waals surface area contributed by atoms with Crippen molar-refractivity contribution < 1.29 is 0 Å². The van der Waals surface area contributed by atoms with Crippen LogP contribution in [0.3, 0.4) is 0 Å². The molecule has 6 heteroatoms. The molecule has 6 nitrogen and oxygen atoms in total. The van der Waals surface area contributed by atoms with Crippen molar-refractivity contribution in [2.24, 2.45) is 13.0 Å². The molecule has 0 aliphatic heterocycles. The number of aromatic nitrogens is 5. The van der Waals surface area contributed by atoms with Crippen LogP contribution in [0.25, 0.3) is 16.7 Å². The van der Waals surface area contributed by atoms with Gasteiger partial charge in [0.2, 0.25) is 0 Å². The molecular weight excluding hydrogens is 314 g/mol. The zero-order chi connectivity index (χ0) is 18.5. The third-order valence-electron chi connectivity index (χ3n) is 5.15. The SMILES string of the molecule is CCc1c(C(C)C(C)C)n(C)n2c(=O)c3cnc(C(C)C)nc3nc12. The molecule has 0 saturated heterocycles. The molecule has 3 aromatic heterocycles. The van der Waals surface area contributed by atoms with Gasteiger partial charge in [0, 0.05) is 36.3 Å². The van der Waals surface area contributed by atoms with E-state index in [-0.39, 0.29) is 11.5 Å². The normalized spacial score (nSPS) is 13.5. The maximum absolute atomic E-state index is 13.1. The Balaban J connectivity index is 2.44. The molecule has 1 unspecified atom stereocenters. The molecule has 0 N–H and O–H groups in total. The Bertz CT molecular complexity index is 997. The topological polar surface area (TPSA) is 65.1 Å². The molecule has 0 amide bonds. The van der Waals surface area contributed by atoms with E-state index >= 15 is 0 Å². The van der Waals surface area contributed by atoms with Gasteiger partial charge >= 0.3 is 0 Å². The molecule has 0 aromatic carbocycles. The van der Waals surface area contributed by atoms with Crippen LogP contribution in [0.4, 0.5) is 0 Å². The molecule has 0 aliphatic rings. The van der Waals surface area contributed by atoms with E-state index in [1.54, 1.807) is 10.7 Å². The van der Waals surface area contributed by atoms with Crippen LogP contribution in [0, 0.1) is 5.92 Å². The van der Waals surface area contributed by atoms with Crippen LogP contribution < -0.4 is 5.56 Å². The number of aryl methyl sites for hydroxylation is 2. The fraction of sp³-hybridized carbons (Fsp3) is 0.579. The van der Waals surface area contributed by atoms with Crippen molar-refractivity contribution in [3.05, 3.63) is 33.6 Å². The lowest BCUT2D eigenvalue weighted by Gasteiger charge is -2.18. The summed E-state index contributed by atoms with van der Waals surface area (Å²) in [7, 11) is 1.94. The summed E-state index contributed by atoms with van der Waals surface area (Å²) in [6, 6.07) is 0. The van der Waals surface area contributed by atoms with Gasteiger partial charge in [-0.05, 0) is 12.3 Å². The first kappa shape index (κ1) is 17.6. The number of hydrogen-bond donors (Lipinski definition) is 0. The average molecular weight is 341 g/mol. The highest BCUT2D eigenvalue weighted by molar-refractivity contribution is 5.75. The predicted octanol–water partition coefficient (Wildman–Crippen LogP) is 3.42. The highest BCUT2D eigenvalue weighted by Crippen LogP contribution is 2.30. The number of nitrogens with zero attached hydrogens (tertiary/aromatic N) is 5. The van der Waals surface area contributed by atoms with E-state index in [1.165, 1.54) is 5.69 Å². The lowest BCUT2D eigenvalue weighted by molar-refractivity contribution is 0.486. The van der Waals surface area contributed by atoms with Crippen LogP contribution >= 0.6 is 0 Å². The highest BCUT2D eigenvalue weighted by atomic mass is 16.1. The summed E-state index contributed by atoms with van der Waals surface area (Å²) in [4.78, 5) is 26.7. The first-order valence-electron chi connectivity index (χ1n) is 9.05. The van der Waals surface area contributed by atoms with Crippen LogP contribution in [0.2, 0.25) is 0 Å². The zero-order valence-electron chi connectivity index (χ0n) is 16.2. The third-order valence-corrected chi connectivity index (χ3v) is 5.15. The van der Waals surface area contributed by atoms with E-state index in [9.17, 15) is 4.79 Å². The number of fused-ring (bicyclic) bond motifs is 2. The largest absolute Gasteiger partial charge is 0.283 e. The number of rotatable bonds is 4. The van der Waals surface area contributed by atoms with Crippen molar-refractivity contribution >= 4 is 16.7 Å². The van der Waals surface area contributed by atoms with Gasteiger partial charge in [-0.1, -0.05) is 41.5 Å². The summed E-state index contributed by atoms with van der Waals surface area (Å²) >= 11 is 0. The summed E-state index contributed by atoms with van der Waals surface area (Å²) in [5.74, 6) is 1.73. The van der Waals surface area contributed by atoms with Gasteiger partial charge < -0.3 is 0 Å². The van der Waals surface area contributed by atoms with Gasteiger partial charge in [-0.15, -0.1) is 0 Å². The highest BCUT2D eigenvalue weighted by Gasteiger charge is 2.24. The average Bonchev–Trinajstić information content (AvgIpc) is 2.85. The van der Waals surface area contributed by atoms with Crippen molar-refractivity contribution in [2.45, 2.75) is 59.8 Å². The second kappa shape index (κ2) is 6.24. The van der Waals surface area contributed by atoms with E-state index < -0.39 is 0 Å². The summed E-state index contributed by atoms with van der Waals surface area (Å²) in [6.07, 6.45) is 2.44. The van der Waals surface area contributed by atoms with Crippen molar-refractivity contribution in [2.75, 3.05) is 0 Å². The molecule has 0 bridgehead atoms. The minimum Gasteiger partial charge on any atom is -0.283 e. The Labute approximate surface area is 147 Å². The van der Waals surface area contributed by atoms with Crippen molar-refractivity contribution in [1.29, 1.82) is 0 Å². The molecular formula is C19H27N5O. The minimum atomic E-state index is -0.102. The van der Waals surface area contributed by atoms with Gasteiger partial charge in [0.25, 0.3) is 5.56 Å². The Morgan fingerprint density at radius 1 is 1.12 bits per heavy atom. The molecule has 1 atom stereocenters. The predicted molar refractivity (Wildman–Crippen MR) is 100 cm³/mol. The van der Waals surface area contributed by atoms with Crippen LogP contribution in [-0.4, -0.2) is 24.1 Å². The summed E-state index contributed by atoms with van der Waals surface area (Å²) in [6.45, 7) is 12.8. The van der Waals surface area contributed by atoms with Gasteiger partial charge in [-0.3, -0.25) is 9.48 Å². The molecule has 25 heavy (non-hydrogen) atoms. The first-order valence-corrected chi connectivity index (χ1v) is 9.05. The molecule has 134 valence electrons. The van der Waals surface area contributed by atoms with Crippen molar-refractivity contribution in [3.8, 4) is 0 Å². The molecule has 0 fully saturated rings. The Morgan fingerprint density at radius 3 is 2.36 bits per heavy atom. The molecule has 3 aromatic rings. The molecule has 0 radical (unpaired) electrons. The van der Waals surface area contributed by atoms with Gasteiger partial charge in [0.05, 0.1) is 0 Å². The van der Waals surface area contributed by atoms with Crippen LogP contribution in [0.5, 0.6) is 0 Å². The first-order chi connectivity index (χ1) is 11.8. The van der Waals surface area contributed by atoms with E-state index in [0.717, 1.165) is 17.6 Å². The Morgan fingerprint density at radius 2 is 1.80 bits per heavy atom. The smallest absolute Gasteiger partial charge is 0.283 e. The molecule has 0 aliphatic carbocycles. The Kier molecular flexibility index (Phi) is 4.39. The molecule has 0 spiro atoms. The summed E-state index contributed by atoms with van der Waals surface area (Å²) < 4.78 is 3.64. The number of hydrogen-bond acceptors (Lipinski definition) is 4. The molecule has 3 heterocycles. The van der Waals surface area contributed by atoms with Gasteiger partial charge in [-0.25, -0.2) is 15.0 Å². The quantitative estimate of drug-likeness (QED) is 0.729. The second-order valence-corrected chi connectivity index (χ2v) is 7.45. The van der Waals surface area contributed by atoms with Gasteiger partial charge in [-0.2, -0.15) is 4.52 Å². The lowest BCUT2D eigenvalue weighted by atomic mass is 9.91. The monoisotopic (exact) mass is 341 g/mol. The second-order valence-electron chi connectivity index (χ2n) is 7.45. The summed E-state index contributed by atoms with van der Waals surface area (Å²) in [5.41, 5.74) is 3.42. The Hall–Kier alpha value is -2.24. The minimum absolute atomic E-state index is 0.102. The van der Waals surface area contributed by atoms with Crippen molar-refractivity contribution in [1.82, 2.24) is 24.1 Å². The fourth-order valence-corrected chi connectivity index (χ4v) is 3.37. The van der Waals surface area contributed by atoms with E-state index in [0.29, 0.717) is 28.7 Å². The molecule has 3 rings (SSSR count). The zero-order valence-corrected chi connectivity index (χ0v) is 16.2. The van der Waals surface area contributed by atoms with E-state index in [2.05, 4.69) is 37.7 Å². The van der Waals surface area contributed by atoms with Gasteiger partial charge in [0.15, 0.2) is 11.3 Å². The lowest BCUT2D eigenvalue weighted by Crippen LogP contribution is -2.22. The van der Waals surface area contributed by atoms with E-state index in [4.69, 9.17) is 4.98 Å². The molecule has 0 saturated carbocycles. The van der Waals surface area contributed by atoms with Crippen molar-refractivity contribution in [3.63, 3.8) is 0 Å². The van der Waals surface area contributed by atoms with E-state index in [1.807, 2.05) is 25.6 Å². The standard InChI is InChI=1S/C19H27N5O/c1-8-13-15(12(6)10(2)3)23(7)24-18(13)22-17-14(19(24)25)9-20-16(21-17)11(4)5/h9-12H,8H2,1-7H3. The fourth-order valence-electron chi connectivity index (χ4n) is 3.37. The van der Waals surface area contributed by atoms with Crippen LogP contribution in [-0.2, 0) is 13.5 Å². The maximum Gasteiger partial charge on any atom is 0.283 e. The van der Waals surface area contributed by atoms with Gasteiger partial charge in [0.1, 0.15) is 11.2 Å². The van der Waals surface area contributed by atoms with Crippen LogP contribution in [0.1, 0.15) is 70.5 Å². The summed E-state index contributed by atoms with van der Waals surface area (Å²) in [5, 5.41) is 0.467. The van der Waals surface area contributed by atoms with Crippen LogP contribution in [0.15, 0.2) is 11.0 Å².